The summed E-state index contributed by atoms with van der Waals surface area (Å²) in [6.45, 7) is 6.30. The first kappa shape index (κ1) is 13.3. The van der Waals surface area contributed by atoms with E-state index in [1.54, 1.807) is 17.7 Å². The van der Waals surface area contributed by atoms with Crippen LogP contribution in [0.15, 0.2) is 12.2 Å². The fourth-order valence-corrected chi connectivity index (χ4v) is 1.43. The highest BCUT2D eigenvalue weighted by atomic mass is 16.5. The molecule has 0 unspecified atom stereocenters. The van der Waals surface area contributed by atoms with Gasteiger partial charge >= 0.3 is 5.97 Å². The van der Waals surface area contributed by atoms with Crippen LogP contribution in [0.4, 0.5) is 0 Å². The zero-order valence-corrected chi connectivity index (χ0v) is 10.7. The molecule has 0 aliphatic carbocycles. The molecule has 0 aliphatic rings. The Balaban J connectivity index is 2.48. The molecule has 94 valence electrons. The molecular weight excluding hydrogens is 220 g/mol. The Morgan fingerprint density at radius 1 is 1.47 bits per heavy atom. The van der Waals surface area contributed by atoms with Crippen molar-refractivity contribution in [1.82, 2.24) is 9.78 Å². The summed E-state index contributed by atoms with van der Waals surface area (Å²) in [6, 6.07) is 0. The highest BCUT2D eigenvalue weighted by Crippen LogP contribution is 2.20. The number of carbonyl (C=O) groups excluding carboxylic acids is 1. The predicted octanol–water partition coefficient (Wildman–Crippen LogP) is 1.54. The molecule has 0 saturated heterocycles. The van der Waals surface area contributed by atoms with Gasteiger partial charge < -0.3 is 9.47 Å². The molecule has 0 aromatic carbocycles. The van der Waals surface area contributed by atoms with Gasteiger partial charge in [-0.1, -0.05) is 0 Å². The van der Waals surface area contributed by atoms with Crippen LogP contribution in [-0.4, -0.2) is 29.0 Å². The topological polar surface area (TPSA) is 53.4 Å². The maximum absolute atomic E-state index is 11.0. The molecule has 0 saturated carbocycles. The Morgan fingerprint density at radius 2 is 2.18 bits per heavy atom. The van der Waals surface area contributed by atoms with Crippen molar-refractivity contribution in [2.45, 2.75) is 20.8 Å². The number of esters is 1. The summed E-state index contributed by atoms with van der Waals surface area (Å²) in [5.41, 5.74) is 1.81. The van der Waals surface area contributed by atoms with E-state index in [1.165, 1.54) is 6.08 Å². The third-order valence-electron chi connectivity index (χ3n) is 2.31. The van der Waals surface area contributed by atoms with Gasteiger partial charge in [0, 0.05) is 13.1 Å². The van der Waals surface area contributed by atoms with E-state index in [1.807, 2.05) is 20.9 Å². The van der Waals surface area contributed by atoms with Crippen LogP contribution < -0.4 is 4.74 Å². The molecule has 0 fully saturated rings. The van der Waals surface area contributed by atoms with Gasteiger partial charge in [0.2, 0.25) is 0 Å². The van der Waals surface area contributed by atoms with Crippen molar-refractivity contribution in [3.63, 3.8) is 0 Å². The van der Waals surface area contributed by atoms with Crippen LogP contribution in [0.1, 0.15) is 18.3 Å². The third-order valence-corrected chi connectivity index (χ3v) is 2.31. The summed E-state index contributed by atoms with van der Waals surface area (Å²) in [4.78, 5) is 11.0. The number of rotatable bonds is 5. The van der Waals surface area contributed by atoms with E-state index in [0.717, 1.165) is 17.1 Å². The maximum atomic E-state index is 11.0. The predicted molar refractivity (Wildman–Crippen MR) is 64.0 cm³/mol. The first-order valence-electron chi connectivity index (χ1n) is 5.52. The van der Waals surface area contributed by atoms with Crippen LogP contribution in [0.5, 0.6) is 5.75 Å². The van der Waals surface area contributed by atoms with Gasteiger partial charge in [0.1, 0.15) is 12.3 Å². The normalized spacial score (nSPS) is 10.8. The third kappa shape index (κ3) is 3.62. The molecule has 5 nitrogen and oxygen atoms in total. The fraction of sp³-hybridized carbons (Fsp3) is 0.500. The molecule has 0 atom stereocenters. The standard InChI is InChI=1S/C12H18N2O3/c1-5-16-11(15)7-6-8-17-12-9(2)13-14(4)10(12)3/h6-7H,5,8H2,1-4H3/b7-6+. The SMILES string of the molecule is CCOC(=O)/C=C/COc1c(C)nn(C)c1C. The molecule has 17 heavy (non-hydrogen) atoms. The average Bonchev–Trinajstić information content (AvgIpc) is 2.50. The van der Waals surface area contributed by atoms with Gasteiger partial charge in [-0.15, -0.1) is 0 Å². The van der Waals surface area contributed by atoms with Crippen molar-refractivity contribution >= 4 is 5.97 Å². The van der Waals surface area contributed by atoms with E-state index in [0.29, 0.717) is 13.2 Å². The van der Waals surface area contributed by atoms with E-state index in [-0.39, 0.29) is 5.97 Å². The molecule has 1 aromatic heterocycles. The van der Waals surface area contributed by atoms with Gasteiger partial charge in [0.05, 0.1) is 12.3 Å². The molecule has 1 heterocycles. The van der Waals surface area contributed by atoms with Crippen LogP contribution in [0, 0.1) is 13.8 Å². The number of ether oxygens (including phenoxy) is 2. The van der Waals surface area contributed by atoms with Crippen molar-refractivity contribution in [2.24, 2.45) is 7.05 Å². The van der Waals surface area contributed by atoms with Crippen molar-refractivity contribution in [3.8, 4) is 5.75 Å². The number of nitrogens with zero attached hydrogens (tertiary/aromatic N) is 2. The molecule has 0 amide bonds. The summed E-state index contributed by atoms with van der Waals surface area (Å²) in [5.74, 6) is 0.414. The molecule has 0 bridgehead atoms. The Kier molecular flexibility index (Phi) is 4.75. The average molecular weight is 238 g/mol. The molecular formula is C12H18N2O3. The lowest BCUT2D eigenvalue weighted by molar-refractivity contribution is -0.137. The van der Waals surface area contributed by atoms with Crippen LogP contribution >= 0.6 is 0 Å². The number of hydrogen-bond acceptors (Lipinski definition) is 4. The number of aromatic nitrogens is 2. The largest absolute Gasteiger partial charge is 0.486 e. The maximum Gasteiger partial charge on any atom is 0.330 e. The van der Waals surface area contributed by atoms with Crippen LogP contribution in [0.2, 0.25) is 0 Å². The van der Waals surface area contributed by atoms with Crippen molar-refractivity contribution in [2.75, 3.05) is 13.2 Å². The molecule has 5 heteroatoms. The van der Waals surface area contributed by atoms with E-state index >= 15 is 0 Å². The lowest BCUT2D eigenvalue weighted by atomic mass is 10.3. The summed E-state index contributed by atoms with van der Waals surface area (Å²) in [7, 11) is 1.86. The zero-order valence-electron chi connectivity index (χ0n) is 10.7. The summed E-state index contributed by atoms with van der Waals surface area (Å²) in [6.07, 6.45) is 2.99. The molecule has 0 spiro atoms. The van der Waals surface area contributed by atoms with E-state index < -0.39 is 0 Å². The summed E-state index contributed by atoms with van der Waals surface area (Å²) in [5, 5.41) is 4.23. The second kappa shape index (κ2) is 6.08. The molecule has 0 N–H and O–H groups in total. The van der Waals surface area contributed by atoms with Gasteiger partial charge in [0.15, 0.2) is 5.75 Å². The minimum atomic E-state index is -0.351. The fourth-order valence-electron chi connectivity index (χ4n) is 1.43. The van der Waals surface area contributed by atoms with E-state index in [4.69, 9.17) is 9.47 Å². The van der Waals surface area contributed by atoms with Gasteiger partial charge in [-0.2, -0.15) is 5.10 Å². The monoisotopic (exact) mass is 238 g/mol. The van der Waals surface area contributed by atoms with E-state index in [2.05, 4.69) is 5.10 Å². The van der Waals surface area contributed by atoms with Crippen LogP contribution in [-0.2, 0) is 16.6 Å². The molecule has 0 aliphatic heterocycles. The van der Waals surface area contributed by atoms with Gasteiger partial charge in [-0.25, -0.2) is 4.79 Å². The molecule has 1 rings (SSSR count). The summed E-state index contributed by atoms with van der Waals surface area (Å²) >= 11 is 0. The number of hydrogen-bond donors (Lipinski definition) is 0. The number of carbonyl (C=O) groups is 1. The van der Waals surface area contributed by atoms with Crippen molar-refractivity contribution in [3.05, 3.63) is 23.5 Å². The van der Waals surface area contributed by atoms with Crippen molar-refractivity contribution in [1.29, 1.82) is 0 Å². The Bertz CT molecular complexity index is 422. The first-order chi connectivity index (χ1) is 8.06. The first-order valence-corrected chi connectivity index (χ1v) is 5.52. The second-order valence-electron chi connectivity index (χ2n) is 3.59. The second-order valence-corrected chi connectivity index (χ2v) is 3.59. The smallest absolute Gasteiger partial charge is 0.330 e. The van der Waals surface area contributed by atoms with Gasteiger partial charge in [-0.3, -0.25) is 4.68 Å². The molecule has 0 radical (unpaired) electrons. The van der Waals surface area contributed by atoms with E-state index in [9.17, 15) is 4.79 Å². The van der Waals surface area contributed by atoms with Gasteiger partial charge in [-0.05, 0) is 26.8 Å². The highest BCUT2D eigenvalue weighted by Gasteiger charge is 2.09. The number of aryl methyl sites for hydroxylation is 2. The lowest BCUT2D eigenvalue weighted by Gasteiger charge is -2.02. The minimum absolute atomic E-state index is 0.326. The Labute approximate surface area is 101 Å². The quantitative estimate of drug-likeness (QED) is 0.576. The summed E-state index contributed by atoms with van der Waals surface area (Å²) < 4.78 is 12.1. The minimum Gasteiger partial charge on any atom is -0.486 e. The lowest BCUT2D eigenvalue weighted by Crippen LogP contribution is -2.01. The van der Waals surface area contributed by atoms with Crippen LogP contribution in [0.25, 0.3) is 0 Å². The molecule has 1 aromatic rings. The zero-order chi connectivity index (χ0) is 12.8. The van der Waals surface area contributed by atoms with Crippen molar-refractivity contribution < 1.29 is 14.3 Å². The highest BCUT2D eigenvalue weighted by molar-refractivity contribution is 5.81. The Hall–Kier alpha value is -1.78. The van der Waals surface area contributed by atoms with Gasteiger partial charge in [0.25, 0.3) is 0 Å². The Morgan fingerprint density at radius 3 is 2.71 bits per heavy atom. The van der Waals surface area contributed by atoms with Crippen LogP contribution in [0.3, 0.4) is 0 Å².